The molecule has 0 bridgehead atoms. The lowest BCUT2D eigenvalue weighted by molar-refractivity contribution is 0.388. The van der Waals surface area contributed by atoms with Gasteiger partial charge in [0.2, 0.25) is 11.8 Å². The molecule has 0 aliphatic heterocycles. The fourth-order valence-electron chi connectivity index (χ4n) is 1.11. The average Bonchev–Trinajstić information content (AvgIpc) is 2.62. The highest BCUT2D eigenvalue weighted by Crippen LogP contribution is 2.01. The molecule has 0 saturated carbocycles. The van der Waals surface area contributed by atoms with Gasteiger partial charge in [0.15, 0.2) is 5.82 Å². The van der Waals surface area contributed by atoms with Crippen molar-refractivity contribution >= 4 is 5.95 Å². The summed E-state index contributed by atoms with van der Waals surface area (Å²) < 4.78 is 4.83. The summed E-state index contributed by atoms with van der Waals surface area (Å²) in [7, 11) is 0. The monoisotopic (exact) mass is 205 g/mol. The fraction of sp³-hybridized carbons (Fsp3) is 0.333. The molecule has 0 aliphatic rings. The molecule has 2 aromatic rings. The molecule has 0 atom stereocenters. The van der Waals surface area contributed by atoms with Crippen LogP contribution in [0.15, 0.2) is 16.8 Å². The first-order valence-electron chi connectivity index (χ1n) is 4.57. The summed E-state index contributed by atoms with van der Waals surface area (Å²) >= 11 is 0. The van der Waals surface area contributed by atoms with Gasteiger partial charge in [0.05, 0.1) is 6.54 Å². The SMILES string of the molecule is Cc1ccnc(NCc2noc(C)n2)n1. The van der Waals surface area contributed by atoms with E-state index in [0.29, 0.717) is 24.2 Å². The van der Waals surface area contributed by atoms with E-state index in [2.05, 4.69) is 25.4 Å². The third kappa shape index (κ3) is 2.49. The first kappa shape index (κ1) is 9.57. The molecule has 0 saturated heterocycles. The molecule has 0 amide bonds. The van der Waals surface area contributed by atoms with Crippen molar-refractivity contribution in [3.8, 4) is 0 Å². The Bertz CT molecular complexity index is 453. The van der Waals surface area contributed by atoms with E-state index in [1.165, 1.54) is 0 Å². The summed E-state index contributed by atoms with van der Waals surface area (Å²) in [5.74, 6) is 1.71. The molecule has 15 heavy (non-hydrogen) atoms. The first-order chi connectivity index (χ1) is 7.24. The molecular formula is C9H11N5O. The zero-order valence-corrected chi connectivity index (χ0v) is 8.56. The van der Waals surface area contributed by atoms with Gasteiger partial charge < -0.3 is 9.84 Å². The van der Waals surface area contributed by atoms with E-state index in [1.54, 1.807) is 13.1 Å². The maximum atomic E-state index is 4.83. The molecule has 78 valence electrons. The summed E-state index contributed by atoms with van der Waals surface area (Å²) in [6, 6.07) is 1.84. The van der Waals surface area contributed by atoms with Crippen molar-refractivity contribution in [3.05, 3.63) is 29.7 Å². The number of anilines is 1. The number of hydrogen-bond acceptors (Lipinski definition) is 6. The minimum absolute atomic E-state index is 0.459. The second-order valence-corrected chi connectivity index (χ2v) is 3.10. The smallest absolute Gasteiger partial charge is 0.223 e. The third-order valence-corrected chi connectivity index (χ3v) is 1.77. The number of nitrogens with zero attached hydrogens (tertiary/aromatic N) is 4. The van der Waals surface area contributed by atoms with E-state index >= 15 is 0 Å². The van der Waals surface area contributed by atoms with Crippen LogP contribution in [0.25, 0.3) is 0 Å². The number of nitrogens with one attached hydrogen (secondary N) is 1. The van der Waals surface area contributed by atoms with Gasteiger partial charge in [-0.1, -0.05) is 5.16 Å². The lowest BCUT2D eigenvalue weighted by Crippen LogP contribution is -2.05. The highest BCUT2D eigenvalue weighted by molar-refractivity contribution is 5.24. The zero-order valence-electron chi connectivity index (χ0n) is 8.56. The molecule has 6 heteroatoms. The standard InChI is InChI=1S/C9H11N5O/c1-6-3-4-10-9(12-6)11-5-8-13-7(2)15-14-8/h3-4H,5H2,1-2H3,(H,10,11,12). The van der Waals surface area contributed by atoms with Gasteiger partial charge in [0.25, 0.3) is 0 Å². The number of rotatable bonds is 3. The molecular weight excluding hydrogens is 194 g/mol. The van der Waals surface area contributed by atoms with Crippen molar-refractivity contribution in [1.29, 1.82) is 0 Å². The Balaban J connectivity index is 1.99. The van der Waals surface area contributed by atoms with Crippen LogP contribution < -0.4 is 5.32 Å². The molecule has 2 aromatic heterocycles. The van der Waals surface area contributed by atoms with Crippen LogP contribution in [0.2, 0.25) is 0 Å². The van der Waals surface area contributed by atoms with Gasteiger partial charge in [-0.05, 0) is 13.0 Å². The van der Waals surface area contributed by atoms with Crippen molar-refractivity contribution in [2.75, 3.05) is 5.32 Å². The minimum Gasteiger partial charge on any atom is -0.347 e. The largest absolute Gasteiger partial charge is 0.347 e. The fourth-order valence-corrected chi connectivity index (χ4v) is 1.11. The van der Waals surface area contributed by atoms with Crippen LogP contribution in [0.3, 0.4) is 0 Å². The molecule has 1 N–H and O–H groups in total. The average molecular weight is 205 g/mol. The molecule has 2 heterocycles. The Morgan fingerprint density at radius 2 is 2.20 bits per heavy atom. The van der Waals surface area contributed by atoms with Crippen molar-refractivity contribution in [2.24, 2.45) is 0 Å². The number of aryl methyl sites for hydroxylation is 2. The summed E-state index contributed by atoms with van der Waals surface area (Å²) in [6.45, 7) is 4.12. The Labute approximate surface area is 86.8 Å². The Morgan fingerprint density at radius 3 is 2.87 bits per heavy atom. The van der Waals surface area contributed by atoms with Gasteiger partial charge >= 0.3 is 0 Å². The highest BCUT2D eigenvalue weighted by Gasteiger charge is 2.02. The minimum atomic E-state index is 0.459. The van der Waals surface area contributed by atoms with Crippen LogP contribution in [-0.4, -0.2) is 20.1 Å². The van der Waals surface area contributed by atoms with E-state index in [-0.39, 0.29) is 0 Å². The van der Waals surface area contributed by atoms with Gasteiger partial charge in [-0.25, -0.2) is 9.97 Å². The molecule has 0 aromatic carbocycles. The maximum Gasteiger partial charge on any atom is 0.223 e. The molecule has 6 nitrogen and oxygen atoms in total. The van der Waals surface area contributed by atoms with Gasteiger partial charge in [0, 0.05) is 18.8 Å². The van der Waals surface area contributed by atoms with E-state index in [9.17, 15) is 0 Å². The second kappa shape index (κ2) is 4.04. The normalized spacial score (nSPS) is 10.3. The van der Waals surface area contributed by atoms with Crippen LogP contribution in [-0.2, 0) is 6.54 Å². The Kier molecular flexibility index (Phi) is 2.57. The van der Waals surface area contributed by atoms with Gasteiger partial charge in [-0.3, -0.25) is 0 Å². The van der Waals surface area contributed by atoms with Gasteiger partial charge in [0.1, 0.15) is 0 Å². The molecule has 0 unspecified atom stereocenters. The number of hydrogen-bond donors (Lipinski definition) is 1. The van der Waals surface area contributed by atoms with Gasteiger partial charge in [-0.15, -0.1) is 0 Å². The zero-order chi connectivity index (χ0) is 10.7. The summed E-state index contributed by atoms with van der Waals surface area (Å²) in [6.07, 6.45) is 1.70. The van der Waals surface area contributed by atoms with E-state index in [1.807, 2.05) is 13.0 Å². The molecule has 0 fully saturated rings. The summed E-state index contributed by atoms with van der Waals surface area (Å²) in [5.41, 5.74) is 0.914. The predicted octanol–water partition coefficient (Wildman–Crippen LogP) is 1.09. The van der Waals surface area contributed by atoms with Gasteiger partial charge in [-0.2, -0.15) is 4.98 Å². The second-order valence-electron chi connectivity index (χ2n) is 3.10. The Morgan fingerprint density at radius 1 is 1.33 bits per heavy atom. The molecule has 0 radical (unpaired) electrons. The quantitative estimate of drug-likeness (QED) is 0.808. The number of aromatic nitrogens is 4. The highest BCUT2D eigenvalue weighted by atomic mass is 16.5. The van der Waals surface area contributed by atoms with E-state index < -0.39 is 0 Å². The van der Waals surface area contributed by atoms with Crippen LogP contribution in [0, 0.1) is 13.8 Å². The van der Waals surface area contributed by atoms with Crippen molar-refractivity contribution < 1.29 is 4.52 Å². The summed E-state index contributed by atoms with van der Waals surface area (Å²) in [5, 5.41) is 6.76. The van der Waals surface area contributed by atoms with E-state index in [0.717, 1.165) is 5.69 Å². The lowest BCUT2D eigenvalue weighted by Gasteiger charge is -2.00. The van der Waals surface area contributed by atoms with Crippen LogP contribution >= 0.6 is 0 Å². The first-order valence-corrected chi connectivity index (χ1v) is 4.57. The molecule has 0 spiro atoms. The van der Waals surface area contributed by atoms with Crippen LogP contribution in [0.4, 0.5) is 5.95 Å². The Hall–Kier alpha value is -1.98. The molecule has 2 rings (SSSR count). The predicted molar refractivity (Wildman–Crippen MR) is 53.1 cm³/mol. The van der Waals surface area contributed by atoms with Crippen molar-refractivity contribution in [3.63, 3.8) is 0 Å². The topological polar surface area (TPSA) is 76.7 Å². The van der Waals surface area contributed by atoms with Crippen molar-refractivity contribution in [1.82, 2.24) is 20.1 Å². The lowest BCUT2D eigenvalue weighted by atomic mass is 10.5. The van der Waals surface area contributed by atoms with E-state index in [4.69, 9.17) is 4.52 Å². The molecule has 0 aliphatic carbocycles. The van der Waals surface area contributed by atoms with Crippen molar-refractivity contribution in [2.45, 2.75) is 20.4 Å². The van der Waals surface area contributed by atoms with Crippen LogP contribution in [0.1, 0.15) is 17.4 Å². The van der Waals surface area contributed by atoms with Crippen LogP contribution in [0.5, 0.6) is 0 Å². The summed E-state index contributed by atoms with van der Waals surface area (Å²) in [4.78, 5) is 12.3. The maximum absolute atomic E-state index is 4.83. The third-order valence-electron chi connectivity index (χ3n) is 1.77.